The van der Waals surface area contributed by atoms with Crippen LogP contribution in [0.3, 0.4) is 0 Å². The molecule has 2 nitrogen and oxygen atoms in total. The molecule has 19 heavy (non-hydrogen) atoms. The van der Waals surface area contributed by atoms with E-state index < -0.39 is 0 Å². The number of thiocarbonyl (C=S) groups is 1. The standard InChI is InChI=1S/C15H20ClNOS/c1-2-10-5-3-4-6-13(10)18-14-8-7-11(15(17)19)9-12(14)16/h7-10,13H,2-6H2,1H3,(H2,17,19). The van der Waals surface area contributed by atoms with Crippen molar-refractivity contribution in [3.63, 3.8) is 0 Å². The highest BCUT2D eigenvalue weighted by Gasteiger charge is 2.25. The maximum Gasteiger partial charge on any atom is 0.138 e. The van der Waals surface area contributed by atoms with Crippen LogP contribution in [0.1, 0.15) is 44.6 Å². The Morgan fingerprint density at radius 2 is 2.16 bits per heavy atom. The Balaban J connectivity index is 2.11. The van der Waals surface area contributed by atoms with Crippen molar-refractivity contribution in [1.82, 2.24) is 0 Å². The van der Waals surface area contributed by atoms with E-state index in [4.69, 9.17) is 34.3 Å². The predicted molar refractivity (Wildman–Crippen MR) is 84.0 cm³/mol. The largest absolute Gasteiger partial charge is 0.489 e. The Kier molecular flexibility index (Phi) is 5.06. The topological polar surface area (TPSA) is 35.2 Å². The van der Waals surface area contributed by atoms with Gasteiger partial charge in [0, 0.05) is 5.56 Å². The van der Waals surface area contributed by atoms with Crippen LogP contribution < -0.4 is 10.5 Å². The van der Waals surface area contributed by atoms with Crippen molar-refractivity contribution < 1.29 is 4.74 Å². The first-order chi connectivity index (χ1) is 9.11. The van der Waals surface area contributed by atoms with Crippen LogP contribution in [0.5, 0.6) is 5.75 Å². The average molecular weight is 298 g/mol. The first-order valence-electron chi connectivity index (χ1n) is 6.87. The van der Waals surface area contributed by atoms with E-state index in [0.717, 1.165) is 24.2 Å². The van der Waals surface area contributed by atoms with Crippen LogP contribution in [-0.4, -0.2) is 11.1 Å². The zero-order chi connectivity index (χ0) is 13.8. The molecule has 1 aliphatic rings. The quantitative estimate of drug-likeness (QED) is 0.841. The first kappa shape index (κ1) is 14.6. The molecule has 1 fully saturated rings. The summed E-state index contributed by atoms with van der Waals surface area (Å²) in [4.78, 5) is 0.359. The van der Waals surface area contributed by atoms with Gasteiger partial charge < -0.3 is 10.5 Å². The minimum Gasteiger partial charge on any atom is -0.489 e. The number of hydrogen-bond donors (Lipinski definition) is 1. The number of halogens is 1. The summed E-state index contributed by atoms with van der Waals surface area (Å²) in [6.45, 7) is 2.23. The molecule has 0 heterocycles. The van der Waals surface area contributed by atoms with Crippen LogP contribution in [-0.2, 0) is 0 Å². The van der Waals surface area contributed by atoms with Crippen LogP contribution >= 0.6 is 23.8 Å². The van der Waals surface area contributed by atoms with E-state index in [9.17, 15) is 0 Å². The summed E-state index contributed by atoms with van der Waals surface area (Å²) in [5, 5.41) is 0.589. The maximum absolute atomic E-state index is 6.24. The van der Waals surface area contributed by atoms with E-state index >= 15 is 0 Å². The molecule has 2 atom stereocenters. The van der Waals surface area contributed by atoms with Gasteiger partial charge in [-0.2, -0.15) is 0 Å². The normalized spacial score (nSPS) is 23.1. The molecule has 4 heteroatoms. The minimum atomic E-state index is 0.284. The van der Waals surface area contributed by atoms with Gasteiger partial charge in [-0.3, -0.25) is 0 Å². The SMILES string of the molecule is CCC1CCCCC1Oc1ccc(C(N)=S)cc1Cl. The summed E-state index contributed by atoms with van der Waals surface area (Å²) in [6.07, 6.45) is 6.37. The summed E-state index contributed by atoms with van der Waals surface area (Å²) >= 11 is 11.2. The van der Waals surface area contributed by atoms with Gasteiger partial charge in [-0.15, -0.1) is 0 Å². The molecule has 0 amide bonds. The van der Waals surface area contributed by atoms with Crippen LogP contribution in [0, 0.1) is 5.92 Å². The zero-order valence-corrected chi connectivity index (χ0v) is 12.8. The molecular weight excluding hydrogens is 278 g/mol. The fraction of sp³-hybridized carbons (Fsp3) is 0.533. The molecule has 0 spiro atoms. The molecule has 1 aliphatic carbocycles. The van der Waals surface area contributed by atoms with Gasteiger partial charge in [-0.05, 0) is 49.8 Å². The number of ether oxygens (including phenoxy) is 1. The Labute approximate surface area is 125 Å². The minimum absolute atomic E-state index is 0.284. The molecule has 0 saturated heterocycles. The van der Waals surface area contributed by atoms with E-state index in [1.165, 1.54) is 19.3 Å². The molecule has 0 radical (unpaired) electrons. The van der Waals surface area contributed by atoms with Crippen molar-refractivity contribution in [3.05, 3.63) is 28.8 Å². The fourth-order valence-corrected chi connectivity index (χ4v) is 3.06. The number of nitrogens with two attached hydrogens (primary N) is 1. The molecule has 2 N–H and O–H groups in total. The second-order valence-electron chi connectivity index (χ2n) is 5.12. The van der Waals surface area contributed by atoms with Crippen LogP contribution in [0.15, 0.2) is 18.2 Å². The van der Waals surface area contributed by atoms with Gasteiger partial charge in [0.2, 0.25) is 0 Å². The van der Waals surface area contributed by atoms with Crippen molar-refractivity contribution in [1.29, 1.82) is 0 Å². The Morgan fingerprint density at radius 3 is 2.79 bits per heavy atom. The molecule has 1 aromatic carbocycles. The third kappa shape index (κ3) is 3.61. The summed E-state index contributed by atoms with van der Waals surface area (Å²) < 4.78 is 6.11. The Morgan fingerprint density at radius 1 is 1.42 bits per heavy atom. The van der Waals surface area contributed by atoms with Crippen molar-refractivity contribution in [2.75, 3.05) is 0 Å². The first-order valence-corrected chi connectivity index (χ1v) is 7.66. The second-order valence-corrected chi connectivity index (χ2v) is 5.97. The Hall–Kier alpha value is -0.800. The summed E-state index contributed by atoms with van der Waals surface area (Å²) in [7, 11) is 0. The van der Waals surface area contributed by atoms with Gasteiger partial charge in [-0.25, -0.2) is 0 Å². The highest BCUT2D eigenvalue weighted by atomic mass is 35.5. The van der Waals surface area contributed by atoms with E-state index in [0.29, 0.717) is 15.9 Å². The van der Waals surface area contributed by atoms with Gasteiger partial charge in [-0.1, -0.05) is 37.2 Å². The lowest BCUT2D eigenvalue weighted by molar-refractivity contribution is 0.0905. The lowest BCUT2D eigenvalue weighted by atomic mass is 9.85. The number of rotatable bonds is 4. The fourth-order valence-electron chi connectivity index (χ4n) is 2.71. The molecule has 2 unspecified atom stereocenters. The highest BCUT2D eigenvalue weighted by Crippen LogP contribution is 2.33. The monoisotopic (exact) mass is 297 g/mol. The molecule has 1 aromatic rings. The third-order valence-electron chi connectivity index (χ3n) is 3.86. The van der Waals surface area contributed by atoms with E-state index in [1.807, 2.05) is 12.1 Å². The molecular formula is C15H20ClNOS. The van der Waals surface area contributed by atoms with Crippen LogP contribution in [0.2, 0.25) is 5.02 Å². The van der Waals surface area contributed by atoms with Gasteiger partial charge in [0.25, 0.3) is 0 Å². The van der Waals surface area contributed by atoms with Crippen molar-refractivity contribution in [2.45, 2.75) is 45.1 Å². The van der Waals surface area contributed by atoms with E-state index in [-0.39, 0.29) is 6.10 Å². The van der Waals surface area contributed by atoms with Gasteiger partial charge in [0.05, 0.1) is 5.02 Å². The Bertz CT molecular complexity index is 463. The van der Waals surface area contributed by atoms with Gasteiger partial charge in [0.15, 0.2) is 0 Å². The molecule has 2 rings (SSSR count). The second kappa shape index (κ2) is 6.58. The maximum atomic E-state index is 6.24. The van der Waals surface area contributed by atoms with E-state index in [2.05, 4.69) is 6.92 Å². The number of hydrogen-bond acceptors (Lipinski definition) is 2. The molecule has 104 valence electrons. The number of benzene rings is 1. The zero-order valence-electron chi connectivity index (χ0n) is 11.2. The average Bonchev–Trinajstić information content (AvgIpc) is 2.41. The summed E-state index contributed by atoms with van der Waals surface area (Å²) in [5.74, 6) is 1.38. The predicted octanol–water partition coefficient (Wildman–Crippen LogP) is 4.32. The van der Waals surface area contributed by atoms with Crippen molar-refractivity contribution >= 4 is 28.8 Å². The van der Waals surface area contributed by atoms with E-state index in [1.54, 1.807) is 6.07 Å². The molecule has 0 bridgehead atoms. The lowest BCUT2D eigenvalue weighted by Gasteiger charge is -2.31. The van der Waals surface area contributed by atoms with Crippen LogP contribution in [0.25, 0.3) is 0 Å². The molecule has 0 aliphatic heterocycles. The summed E-state index contributed by atoms with van der Waals surface area (Å²) in [6, 6.07) is 5.52. The third-order valence-corrected chi connectivity index (χ3v) is 4.39. The highest BCUT2D eigenvalue weighted by molar-refractivity contribution is 7.80. The van der Waals surface area contributed by atoms with Crippen LogP contribution in [0.4, 0.5) is 0 Å². The van der Waals surface area contributed by atoms with Gasteiger partial charge in [0.1, 0.15) is 16.8 Å². The lowest BCUT2D eigenvalue weighted by Crippen LogP contribution is -2.30. The van der Waals surface area contributed by atoms with Crippen molar-refractivity contribution in [2.24, 2.45) is 11.7 Å². The molecule has 0 aromatic heterocycles. The smallest absolute Gasteiger partial charge is 0.138 e. The summed E-state index contributed by atoms with van der Waals surface area (Å²) in [5.41, 5.74) is 6.37. The van der Waals surface area contributed by atoms with Crippen molar-refractivity contribution in [3.8, 4) is 5.75 Å². The molecule has 1 saturated carbocycles. The van der Waals surface area contributed by atoms with Gasteiger partial charge >= 0.3 is 0 Å².